The second-order valence-electron chi connectivity index (χ2n) is 5.69. The first-order chi connectivity index (χ1) is 12.9. The van der Waals surface area contributed by atoms with E-state index in [-0.39, 0.29) is 29.2 Å². The van der Waals surface area contributed by atoms with Crippen LogP contribution in [0.2, 0.25) is 0 Å². The summed E-state index contributed by atoms with van der Waals surface area (Å²) in [6, 6.07) is 10.2. The molecule has 0 saturated heterocycles. The molecule has 0 radical (unpaired) electrons. The van der Waals surface area contributed by atoms with Crippen LogP contribution < -0.4 is 9.96 Å². The van der Waals surface area contributed by atoms with Crippen LogP contribution in [0.3, 0.4) is 0 Å². The zero-order valence-corrected chi connectivity index (χ0v) is 14.6. The van der Waals surface area contributed by atoms with Crippen molar-refractivity contribution < 1.29 is 33.9 Å². The maximum absolute atomic E-state index is 12.3. The van der Waals surface area contributed by atoms with Crippen molar-refractivity contribution >= 4 is 28.6 Å². The number of fused-ring (bicyclic) bond motifs is 1. The van der Waals surface area contributed by atoms with Gasteiger partial charge in [-0.2, -0.15) is 5.23 Å². The van der Waals surface area contributed by atoms with E-state index in [1.165, 1.54) is 36.4 Å². The highest BCUT2D eigenvalue weighted by atomic mass is 16.8. The molecule has 0 aliphatic heterocycles. The Morgan fingerprint density at radius 1 is 1.19 bits per heavy atom. The molecular weight excluding hydrogens is 354 g/mol. The lowest BCUT2D eigenvalue weighted by molar-refractivity contribution is -0.991. The molecule has 1 aromatic heterocycles. The average Bonchev–Trinajstić information content (AvgIpc) is 2.97. The van der Waals surface area contributed by atoms with Gasteiger partial charge < -0.3 is 19.1 Å². The molecule has 8 heteroatoms. The van der Waals surface area contributed by atoms with Crippen LogP contribution in [0, 0.1) is 12.1 Å². The summed E-state index contributed by atoms with van der Waals surface area (Å²) in [6.45, 7) is 3.57. The lowest BCUT2D eigenvalue weighted by Crippen LogP contribution is -2.99. The Labute approximate surface area is 154 Å². The van der Waals surface area contributed by atoms with Crippen LogP contribution >= 0.6 is 0 Å². The summed E-state index contributed by atoms with van der Waals surface area (Å²) in [7, 11) is 0. The molecule has 27 heavy (non-hydrogen) atoms. The quantitative estimate of drug-likeness (QED) is 0.402. The number of nitrogens with one attached hydrogen (secondary N) is 1. The van der Waals surface area contributed by atoms with E-state index in [2.05, 4.69) is 0 Å². The van der Waals surface area contributed by atoms with Crippen molar-refractivity contribution in [2.45, 2.75) is 13.8 Å². The first-order valence-electron chi connectivity index (χ1n) is 8.16. The van der Waals surface area contributed by atoms with Crippen molar-refractivity contribution in [1.82, 2.24) is 0 Å². The van der Waals surface area contributed by atoms with Gasteiger partial charge in [-0.3, -0.25) is 0 Å². The molecule has 1 atom stereocenters. The normalized spacial score (nSPS) is 12.0. The number of esters is 2. The maximum Gasteiger partial charge on any atom is 0.343 e. The minimum atomic E-state index is -1.14. The molecule has 2 aromatic carbocycles. The Bertz CT molecular complexity index is 1010. The summed E-state index contributed by atoms with van der Waals surface area (Å²) in [5.74, 6) is -0.637. The van der Waals surface area contributed by atoms with E-state index < -0.39 is 17.2 Å². The van der Waals surface area contributed by atoms with E-state index in [0.717, 1.165) is 0 Å². The fourth-order valence-electron chi connectivity index (χ4n) is 2.66. The van der Waals surface area contributed by atoms with Gasteiger partial charge in [-0.05, 0) is 38.1 Å². The van der Waals surface area contributed by atoms with Gasteiger partial charge in [-0.15, -0.1) is 0 Å². The zero-order valence-electron chi connectivity index (χ0n) is 14.6. The summed E-state index contributed by atoms with van der Waals surface area (Å²) in [6.07, 6.45) is 0. The number of quaternary nitrogens is 1. The fourth-order valence-corrected chi connectivity index (χ4v) is 2.66. The molecule has 3 aromatic rings. The van der Waals surface area contributed by atoms with Gasteiger partial charge in [0.05, 0.1) is 12.2 Å². The standard InChI is InChI=1S/C19H17NO7/c1-3-25-19(22)17-11(2)26-16-8-7-14(10-15(16)17)27-18(21)12-5-4-6-13(9-12)20(23)24/h4-10,20,23H,3H2,1-2H3. The second kappa shape index (κ2) is 7.58. The number of rotatable bonds is 5. The number of furan rings is 1. The van der Waals surface area contributed by atoms with E-state index >= 15 is 0 Å². The van der Waals surface area contributed by atoms with Crippen LogP contribution in [0.5, 0.6) is 5.75 Å². The van der Waals surface area contributed by atoms with Crippen LogP contribution in [0.1, 0.15) is 33.4 Å². The third kappa shape index (κ3) is 3.82. The predicted molar refractivity (Wildman–Crippen MR) is 94.1 cm³/mol. The van der Waals surface area contributed by atoms with Crippen molar-refractivity contribution in [1.29, 1.82) is 0 Å². The molecule has 0 saturated carbocycles. The van der Waals surface area contributed by atoms with Crippen LogP contribution in [0.15, 0.2) is 46.9 Å². The van der Waals surface area contributed by atoms with Gasteiger partial charge in [0.1, 0.15) is 22.7 Å². The largest absolute Gasteiger partial charge is 0.595 e. The lowest BCUT2D eigenvalue weighted by Gasteiger charge is -2.12. The molecule has 2 N–H and O–H groups in total. The smallest absolute Gasteiger partial charge is 0.343 e. The number of ether oxygens (including phenoxy) is 2. The number of hydrogen-bond donors (Lipinski definition) is 2. The number of carbonyl (C=O) groups excluding carboxylic acids is 2. The molecule has 1 unspecified atom stereocenters. The van der Waals surface area contributed by atoms with E-state index in [1.807, 2.05) is 0 Å². The highest BCUT2D eigenvalue weighted by Crippen LogP contribution is 2.30. The minimum Gasteiger partial charge on any atom is -0.595 e. The first-order valence-corrected chi connectivity index (χ1v) is 8.16. The summed E-state index contributed by atoms with van der Waals surface area (Å²) < 4.78 is 15.9. The monoisotopic (exact) mass is 371 g/mol. The number of aryl methyl sites for hydroxylation is 1. The molecule has 0 fully saturated rings. The average molecular weight is 371 g/mol. The third-order valence-corrected chi connectivity index (χ3v) is 3.87. The first kappa shape index (κ1) is 18.6. The van der Waals surface area contributed by atoms with Crippen LogP contribution in [0.25, 0.3) is 11.0 Å². The third-order valence-electron chi connectivity index (χ3n) is 3.87. The van der Waals surface area contributed by atoms with Gasteiger partial charge in [0.2, 0.25) is 0 Å². The molecule has 3 rings (SSSR count). The Morgan fingerprint density at radius 2 is 1.96 bits per heavy atom. The Kier molecular flexibility index (Phi) is 5.22. The number of hydrogen-bond acceptors (Lipinski definition) is 7. The zero-order chi connectivity index (χ0) is 19.6. The number of carbonyl (C=O) groups is 2. The van der Waals surface area contributed by atoms with Gasteiger partial charge in [-0.1, -0.05) is 6.07 Å². The molecule has 0 aliphatic rings. The molecule has 0 amide bonds. The fraction of sp³-hybridized carbons (Fsp3) is 0.158. The van der Waals surface area contributed by atoms with E-state index in [1.54, 1.807) is 19.9 Å². The van der Waals surface area contributed by atoms with Crippen molar-refractivity contribution in [2.75, 3.05) is 6.61 Å². The highest BCUT2D eigenvalue weighted by molar-refractivity contribution is 6.05. The maximum atomic E-state index is 12.3. The van der Waals surface area contributed by atoms with Crippen molar-refractivity contribution in [2.24, 2.45) is 0 Å². The SMILES string of the molecule is CCOC(=O)c1c(C)oc2ccc(OC(=O)c3cccc([NH+]([O-])O)c3)cc12. The van der Waals surface area contributed by atoms with E-state index in [4.69, 9.17) is 19.1 Å². The number of benzene rings is 2. The van der Waals surface area contributed by atoms with Gasteiger partial charge >= 0.3 is 11.9 Å². The Hall–Kier alpha value is -3.20. The molecular formula is C19H17NO7. The highest BCUT2D eigenvalue weighted by Gasteiger charge is 2.20. The molecule has 0 bridgehead atoms. The van der Waals surface area contributed by atoms with E-state index in [9.17, 15) is 14.8 Å². The predicted octanol–water partition coefficient (Wildman–Crippen LogP) is 2.54. The molecule has 0 aliphatic carbocycles. The summed E-state index contributed by atoms with van der Waals surface area (Å²) in [4.78, 5) is 24.5. The van der Waals surface area contributed by atoms with Crippen LogP contribution in [0.4, 0.5) is 5.69 Å². The van der Waals surface area contributed by atoms with Crippen molar-refractivity contribution in [3.8, 4) is 5.75 Å². The topological polar surface area (TPSA) is 113 Å². The Morgan fingerprint density at radius 3 is 2.67 bits per heavy atom. The second-order valence-corrected chi connectivity index (χ2v) is 5.69. The van der Waals surface area contributed by atoms with Gasteiger partial charge in [0.15, 0.2) is 5.69 Å². The summed E-state index contributed by atoms with van der Waals surface area (Å²) in [5, 5.41) is 19.4. The summed E-state index contributed by atoms with van der Waals surface area (Å²) >= 11 is 0. The summed E-state index contributed by atoms with van der Waals surface area (Å²) in [5.41, 5.74) is 0.819. The van der Waals surface area contributed by atoms with Crippen molar-refractivity contribution in [3.63, 3.8) is 0 Å². The van der Waals surface area contributed by atoms with Crippen molar-refractivity contribution in [3.05, 3.63) is 64.6 Å². The van der Waals surface area contributed by atoms with Crippen LogP contribution in [-0.2, 0) is 4.74 Å². The lowest BCUT2D eigenvalue weighted by atomic mass is 10.1. The van der Waals surface area contributed by atoms with Gasteiger partial charge in [0.25, 0.3) is 0 Å². The Balaban J connectivity index is 1.91. The van der Waals surface area contributed by atoms with Gasteiger partial charge in [-0.25, -0.2) is 14.8 Å². The molecule has 8 nitrogen and oxygen atoms in total. The molecule has 140 valence electrons. The molecule has 1 heterocycles. The van der Waals surface area contributed by atoms with E-state index in [0.29, 0.717) is 16.7 Å². The van der Waals surface area contributed by atoms with Gasteiger partial charge in [0, 0.05) is 17.5 Å². The van der Waals surface area contributed by atoms with Crippen LogP contribution in [-0.4, -0.2) is 23.8 Å². The minimum absolute atomic E-state index is 0.0186. The molecule has 0 spiro atoms.